The molecule has 0 spiro atoms. The van der Waals surface area contributed by atoms with E-state index in [2.05, 4.69) is 281 Å². The molecule has 0 bridgehead atoms. The van der Waals surface area contributed by atoms with E-state index in [0.717, 1.165) is 104 Å². The van der Waals surface area contributed by atoms with Crippen molar-refractivity contribution in [2.45, 2.75) is 250 Å². The Morgan fingerprint density at radius 1 is 0.339 bits per heavy atom. The fraction of sp³-hybridized carbons (Fsp3) is 0.348. The van der Waals surface area contributed by atoms with Crippen LogP contribution in [0.5, 0.6) is 0 Å². The van der Waals surface area contributed by atoms with Crippen LogP contribution in [0.1, 0.15) is 301 Å². The molecular formula is C112H118N4OS4. The van der Waals surface area contributed by atoms with Crippen LogP contribution in [0.25, 0.3) is 43.0 Å². The third-order valence-corrected chi connectivity index (χ3v) is 30.5. The Morgan fingerprint density at radius 3 is 0.860 bits per heavy atom. The van der Waals surface area contributed by atoms with Crippen molar-refractivity contribution in [2.75, 3.05) is 4.90 Å². The molecule has 9 heteroatoms. The third-order valence-electron chi connectivity index (χ3n) is 26.6. The molecule has 0 amide bonds. The Hall–Kier alpha value is -9.97. The van der Waals surface area contributed by atoms with Crippen LogP contribution >= 0.6 is 45.3 Å². The molecule has 9 aromatic carbocycles. The number of aromatic nitrogens is 1. The Bertz CT molecular complexity index is 5540. The molecule has 3 aliphatic heterocycles. The summed E-state index contributed by atoms with van der Waals surface area (Å²) < 4.78 is 0.710. The summed E-state index contributed by atoms with van der Waals surface area (Å²) in [7, 11) is 0. The molecule has 16 rings (SSSR count). The molecule has 3 aliphatic rings. The molecule has 1 N–H and O–H groups in total. The molecule has 0 radical (unpaired) electrons. The number of hydrogen-bond donors (Lipinski definition) is 1. The highest BCUT2D eigenvalue weighted by Gasteiger charge is 2.61. The van der Waals surface area contributed by atoms with Crippen LogP contribution in [0.4, 0.5) is 17.1 Å². The summed E-state index contributed by atoms with van der Waals surface area (Å²) in [6.07, 6.45) is 36.7. The number of hydrogen-bond acceptors (Lipinski definition) is 8. The van der Waals surface area contributed by atoms with Crippen molar-refractivity contribution in [3.63, 3.8) is 0 Å². The number of H-pyrrole nitrogens is 1. The standard InChI is InChI=1S/C112H118N4OS4/c1-7-13-19-25-33-78-41-53-88(54-42-78)110(89-55-43-79(44-56-89)34-26-20-14-8-2)95-69-84(101-39-31-67-118-101)71-97-105(95)116-106-96(110)70-85(102-40-32-68-119-102)72-98(106)112(92-61-49-82(50-62-92)37-29-23-17-11-5,93-63-51-83(52-64-93)38-30-24-18-12-6)100-74-86(103-66-65-94(120-103)75-104-108(117)115-109(121-104)87(76-113)77-114)73-99(107(100)116)111(97,90-57-45-80(46-58-90)35-27-21-15-9-3)91-59-47-81(48-60-91)36-28-22-16-10-4/h31-32,39-75H,7-30,33-38H2,1-6H3,(H,115,117)/b104-75+. The van der Waals surface area contributed by atoms with Gasteiger partial charge in [-0.3, -0.25) is 4.79 Å². The zero-order valence-electron chi connectivity index (χ0n) is 72.1. The van der Waals surface area contributed by atoms with Gasteiger partial charge < -0.3 is 9.88 Å². The number of nitrogens with one attached hydrogen (secondary N) is 1. The normalized spacial score (nSPS) is 13.8. The summed E-state index contributed by atoms with van der Waals surface area (Å²) in [6.45, 7) is 13.9. The third kappa shape index (κ3) is 16.7. The zero-order chi connectivity index (χ0) is 83.3. The number of unbranched alkanes of at least 4 members (excludes halogenated alkanes) is 18. The van der Waals surface area contributed by atoms with E-state index in [4.69, 9.17) is 0 Å². The first kappa shape index (κ1) is 84.6. The van der Waals surface area contributed by atoms with Gasteiger partial charge in [0.05, 0.1) is 37.8 Å². The Labute approximate surface area is 736 Å². The van der Waals surface area contributed by atoms with Gasteiger partial charge in [-0.15, -0.1) is 45.3 Å². The van der Waals surface area contributed by atoms with E-state index in [0.29, 0.717) is 4.53 Å². The second-order valence-electron chi connectivity index (χ2n) is 34.5. The van der Waals surface area contributed by atoms with Crippen molar-refractivity contribution >= 4 is 74.1 Å². The van der Waals surface area contributed by atoms with Crippen molar-refractivity contribution in [1.29, 1.82) is 10.5 Å². The number of aryl methyl sites for hydroxylation is 6. The van der Waals surface area contributed by atoms with Crippen LogP contribution in [-0.4, -0.2) is 4.98 Å². The van der Waals surface area contributed by atoms with E-state index in [1.54, 1.807) is 11.3 Å². The lowest BCUT2D eigenvalue weighted by Gasteiger charge is -2.58. The monoisotopic (exact) mass is 1660 g/mol. The maximum absolute atomic E-state index is 14.1. The van der Waals surface area contributed by atoms with Crippen LogP contribution in [-0.2, 0) is 54.8 Å². The number of nitrogens with zero attached hydrogens (tertiary/aromatic N) is 3. The van der Waals surface area contributed by atoms with E-state index >= 15 is 0 Å². The van der Waals surface area contributed by atoms with Gasteiger partial charge >= 0.3 is 0 Å². The maximum atomic E-state index is 14.1. The number of thiophene rings is 3. The molecule has 0 unspecified atom stereocenters. The average Bonchev–Trinajstić information content (AvgIpc) is 0.916. The number of thiazole rings is 1. The fourth-order valence-electron chi connectivity index (χ4n) is 20.3. The first-order chi connectivity index (χ1) is 59.5. The minimum absolute atomic E-state index is 0.105. The van der Waals surface area contributed by atoms with Crippen molar-refractivity contribution in [3.05, 3.63) is 354 Å². The average molecular weight is 1660 g/mol. The van der Waals surface area contributed by atoms with E-state index in [9.17, 15) is 15.3 Å². The van der Waals surface area contributed by atoms with Gasteiger partial charge in [-0.05, 0) is 271 Å². The Balaban J connectivity index is 1.13. The molecule has 0 saturated heterocycles. The highest BCUT2D eigenvalue weighted by Crippen LogP contribution is 2.73. The minimum Gasteiger partial charge on any atom is -0.311 e. The van der Waals surface area contributed by atoms with Gasteiger partial charge in [0.15, 0.2) is 5.57 Å². The lowest BCUT2D eigenvalue weighted by atomic mass is 9.52. The minimum atomic E-state index is -1.00. The highest BCUT2D eigenvalue weighted by atomic mass is 32.1. The van der Waals surface area contributed by atoms with Gasteiger partial charge in [0.25, 0.3) is 5.56 Å². The van der Waals surface area contributed by atoms with Crippen LogP contribution in [0.3, 0.4) is 0 Å². The molecule has 0 fully saturated rings. The largest absolute Gasteiger partial charge is 0.311 e. The fourth-order valence-corrected chi connectivity index (χ4v) is 23.6. The lowest BCUT2D eigenvalue weighted by molar-refractivity contribution is 0.650. The second-order valence-corrected chi connectivity index (χ2v) is 38.6. The van der Waals surface area contributed by atoms with Gasteiger partial charge in [0, 0.05) is 19.5 Å². The van der Waals surface area contributed by atoms with Gasteiger partial charge in [-0.2, -0.15) is 10.5 Å². The van der Waals surface area contributed by atoms with Gasteiger partial charge in [0.1, 0.15) is 16.8 Å². The molecule has 121 heavy (non-hydrogen) atoms. The summed E-state index contributed by atoms with van der Waals surface area (Å²) in [5, 5.41) is 24.7. The molecule has 0 aliphatic carbocycles. The van der Waals surface area contributed by atoms with Gasteiger partial charge in [0.2, 0.25) is 0 Å². The summed E-state index contributed by atoms with van der Waals surface area (Å²) in [6, 6.07) is 94.3. The maximum Gasteiger partial charge on any atom is 0.266 e. The van der Waals surface area contributed by atoms with E-state index in [-0.39, 0.29) is 15.8 Å². The van der Waals surface area contributed by atoms with Crippen molar-refractivity contribution in [2.24, 2.45) is 0 Å². The van der Waals surface area contributed by atoms with Crippen LogP contribution < -0.4 is 19.7 Å². The molecule has 0 saturated carbocycles. The number of anilines is 3. The van der Waals surface area contributed by atoms with Crippen molar-refractivity contribution in [3.8, 4) is 43.5 Å². The zero-order valence-corrected chi connectivity index (χ0v) is 75.4. The lowest BCUT2D eigenvalue weighted by Crippen LogP contribution is -2.49. The number of rotatable bonds is 40. The second kappa shape index (κ2) is 39.0. The first-order valence-electron chi connectivity index (χ1n) is 45.9. The van der Waals surface area contributed by atoms with E-state index in [1.165, 1.54) is 254 Å². The van der Waals surface area contributed by atoms with Crippen LogP contribution in [0, 0.1) is 22.7 Å². The first-order valence-corrected chi connectivity index (χ1v) is 49.3. The molecule has 616 valence electrons. The van der Waals surface area contributed by atoms with Gasteiger partial charge in [-0.1, -0.05) is 315 Å². The Morgan fingerprint density at radius 2 is 0.612 bits per heavy atom. The predicted molar refractivity (Wildman–Crippen MR) is 516 cm³/mol. The Kier molecular flexibility index (Phi) is 27.3. The van der Waals surface area contributed by atoms with Crippen molar-refractivity contribution in [1.82, 2.24) is 4.98 Å². The van der Waals surface area contributed by atoms with Crippen LogP contribution in [0.15, 0.2) is 234 Å². The van der Waals surface area contributed by atoms with Crippen molar-refractivity contribution < 1.29 is 0 Å². The summed E-state index contributed by atoms with van der Waals surface area (Å²) >= 11 is 6.52. The molecule has 5 nitrogen and oxygen atoms in total. The smallest absolute Gasteiger partial charge is 0.266 e. The molecule has 0 atom stereocenters. The molecular weight excluding hydrogens is 1550 g/mol. The number of nitriles is 2. The number of aromatic amines is 1. The quantitative estimate of drug-likeness (QED) is 0.0388. The van der Waals surface area contributed by atoms with Gasteiger partial charge in [-0.25, -0.2) is 0 Å². The topological polar surface area (TPSA) is 83.7 Å². The predicted octanol–water partition coefficient (Wildman–Crippen LogP) is 29.9. The summed E-state index contributed by atoms with van der Waals surface area (Å²) in [4.78, 5) is 24.2. The summed E-state index contributed by atoms with van der Waals surface area (Å²) in [5.41, 5.74) is 26.9. The molecule has 7 heterocycles. The van der Waals surface area contributed by atoms with E-state index < -0.39 is 16.2 Å². The van der Waals surface area contributed by atoms with E-state index in [1.807, 2.05) is 40.9 Å². The van der Waals surface area contributed by atoms with Crippen LogP contribution in [0.2, 0.25) is 0 Å². The summed E-state index contributed by atoms with van der Waals surface area (Å²) in [5.74, 6) is 0. The number of benzene rings is 9. The highest BCUT2D eigenvalue weighted by molar-refractivity contribution is 7.16. The molecule has 4 aromatic heterocycles. The molecule has 13 aromatic rings. The SMILES string of the molecule is CCCCCCc1ccc(C2(c3ccc(CCCCCC)cc3)c3cc(-c4cccs4)cc4c3N3c5c2cc(-c2cccs2)cc5C(c2ccc(CCCCCC)cc2)(c2ccc(CCCCCC)cc2)c2cc(-c5ccc(/C=c6/sc(=C(C#N)C#N)[nH]c6=O)s5)cc(c23)C4(c2ccc(CCCCCC)cc2)c2ccc(CCCCCC)cc2)cc1.